The van der Waals surface area contributed by atoms with Gasteiger partial charge in [-0.25, -0.2) is 0 Å². The second kappa shape index (κ2) is 20.3. The van der Waals surface area contributed by atoms with E-state index in [9.17, 15) is 9.59 Å². The van der Waals surface area contributed by atoms with Gasteiger partial charge in [-0.3, -0.25) is 9.59 Å². The highest BCUT2D eigenvalue weighted by Crippen LogP contribution is 2.32. The predicted octanol–water partition coefficient (Wildman–Crippen LogP) is 8.69. The summed E-state index contributed by atoms with van der Waals surface area (Å²) in [6.45, 7) is 6.64. The van der Waals surface area contributed by atoms with Crippen molar-refractivity contribution >= 4 is 11.9 Å². The van der Waals surface area contributed by atoms with E-state index in [-0.39, 0.29) is 30.1 Å². The van der Waals surface area contributed by atoms with Gasteiger partial charge in [-0.2, -0.15) is 0 Å². The molecule has 0 aliphatic carbocycles. The maximum Gasteiger partial charge on any atom is 0.313 e. The highest BCUT2D eigenvalue weighted by Gasteiger charge is 2.43. The fourth-order valence-corrected chi connectivity index (χ4v) is 4.81. The molecular formula is C29H54O4. The van der Waals surface area contributed by atoms with Gasteiger partial charge in [0.1, 0.15) is 12.2 Å². The van der Waals surface area contributed by atoms with E-state index in [4.69, 9.17) is 9.47 Å². The maximum atomic E-state index is 12.4. The monoisotopic (exact) mass is 466 g/mol. The summed E-state index contributed by atoms with van der Waals surface area (Å²) in [5.74, 6) is -0.114. The van der Waals surface area contributed by atoms with Crippen LogP contribution in [0.1, 0.15) is 156 Å². The fraction of sp³-hybridized carbons (Fsp3) is 0.931. The number of cyclic esters (lactones) is 1. The van der Waals surface area contributed by atoms with Crippen LogP contribution in [0.4, 0.5) is 0 Å². The molecule has 0 aromatic carbocycles. The van der Waals surface area contributed by atoms with Crippen LogP contribution >= 0.6 is 0 Å². The predicted molar refractivity (Wildman–Crippen MR) is 137 cm³/mol. The Labute approximate surface area is 205 Å². The number of esters is 2. The Morgan fingerprint density at radius 2 is 1.27 bits per heavy atom. The Balaban J connectivity index is 2.39. The number of unbranched alkanes of at least 4 members (excludes halogenated alkanes) is 14. The van der Waals surface area contributed by atoms with E-state index in [1.165, 1.54) is 83.5 Å². The molecule has 1 aliphatic rings. The second-order valence-electron chi connectivity index (χ2n) is 10.2. The van der Waals surface area contributed by atoms with Crippen molar-refractivity contribution in [3.8, 4) is 0 Å². The first-order valence-corrected chi connectivity index (χ1v) is 14.5. The van der Waals surface area contributed by atoms with Crippen molar-refractivity contribution in [2.75, 3.05) is 0 Å². The molecule has 1 aliphatic heterocycles. The second-order valence-corrected chi connectivity index (χ2v) is 10.2. The largest absolute Gasteiger partial charge is 0.462 e. The normalized spacial score (nSPS) is 18.6. The zero-order chi connectivity index (χ0) is 24.2. The van der Waals surface area contributed by atoms with Crippen molar-refractivity contribution in [3.63, 3.8) is 0 Å². The van der Waals surface area contributed by atoms with Gasteiger partial charge in [0.15, 0.2) is 0 Å². The van der Waals surface area contributed by atoms with E-state index in [0.717, 1.165) is 38.5 Å². The van der Waals surface area contributed by atoms with Gasteiger partial charge in [-0.05, 0) is 25.7 Å². The number of ether oxygens (including phenoxy) is 2. The Morgan fingerprint density at radius 1 is 0.758 bits per heavy atom. The molecule has 194 valence electrons. The molecule has 33 heavy (non-hydrogen) atoms. The molecule has 1 heterocycles. The average Bonchev–Trinajstić information content (AvgIpc) is 2.80. The van der Waals surface area contributed by atoms with Crippen molar-refractivity contribution in [1.82, 2.24) is 0 Å². The molecule has 4 nitrogen and oxygen atoms in total. The first-order valence-electron chi connectivity index (χ1n) is 14.5. The lowest BCUT2D eigenvalue weighted by atomic mass is 9.86. The summed E-state index contributed by atoms with van der Waals surface area (Å²) >= 11 is 0. The molecule has 1 fully saturated rings. The van der Waals surface area contributed by atoms with Crippen molar-refractivity contribution in [3.05, 3.63) is 0 Å². The Bertz CT molecular complexity index is 490. The van der Waals surface area contributed by atoms with Crippen molar-refractivity contribution in [2.45, 2.75) is 168 Å². The molecule has 1 rings (SSSR count). The summed E-state index contributed by atoms with van der Waals surface area (Å²) in [6.07, 6.45) is 23.5. The molecule has 0 aromatic heterocycles. The number of carbonyl (C=O) groups excluding carboxylic acids is 2. The molecule has 0 amide bonds. The fourth-order valence-electron chi connectivity index (χ4n) is 4.81. The quantitative estimate of drug-likeness (QED) is 0.112. The zero-order valence-corrected chi connectivity index (χ0v) is 22.2. The molecule has 0 bridgehead atoms. The molecule has 0 aromatic rings. The lowest BCUT2D eigenvalue weighted by Crippen LogP contribution is -2.47. The number of carbonyl (C=O) groups is 2. The first-order chi connectivity index (χ1) is 16.1. The molecule has 0 N–H and O–H groups in total. The highest BCUT2D eigenvalue weighted by molar-refractivity contribution is 5.78. The van der Waals surface area contributed by atoms with Crippen LogP contribution in [0.3, 0.4) is 0 Å². The molecule has 0 unspecified atom stereocenters. The van der Waals surface area contributed by atoms with Gasteiger partial charge in [0.05, 0.1) is 5.92 Å². The van der Waals surface area contributed by atoms with Crippen LogP contribution in [-0.2, 0) is 19.1 Å². The van der Waals surface area contributed by atoms with Crippen molar-refractivity contribution in [2.24, 2.45) is 5.92 Å². The van der Waals surface area contributed by atoms with Crippen LogP contribution in [-0.4, -0.2) is 24.1 Å². The van der Waals surface area contributed by atoms with Gasteiger partial charge >= 0.3 is 11.9 Å². The number of rotatable bonds is 23. The summed E-state index contributed by atoms with van der Waals surface area (Å²) in [5, 5.41) is 0. The minimum Gasteiger partial charge on any atom is -0.462 e. The SMILES string of the molecule is CCCCCCCCCCC[C@@H](C[C@@H]1OC(=O)[C@H]1CCCCCC)OC(=O)CCCCCC. The third-order valence-corrected chi connectivity index (χ3v) is 7.05. The molecule has 0 radical (unpaired) electrons. The van der Waals surface area contributed by atoms with Gasteiger partial charge in [0, 0.05) is 12.8 Å². The van der Waals surface area contributed by atoms with E-state index in [2.05, 4.69) is 20.8 Å². The van der Waals surface area contributed by atoms with Crippen LogP contribution in [0, 0.1) is 5.92 Å². The number of hydrogen-bond acceptors (Lipinski definition) is 4. The average molecular weight is 467 g/mol. The summed E-state index contributed by atoms with van der Waals surface area (Å²) in [6, 6.07) is 0. The third kappa shape index (κ3) is 14.7. The van der Waals surface area contributed by atoms with Gasteiger partial charge < -0.3 is 9.47 Å². The van der Waals surface area contributed by atoms with Crippen LogP contribution in [0.15, 0.2) is 0 Å². The molecule has 0 spiro atoms. The zero-order valence-electron chi connectivity index (χ0n) is 22.2. The summed E-state index contributed by atoms with van der Waals surface area (Å²) in [5.41, 5.74) is 0. The van der Waals surface area contributed by atoms with Crippen LogP contribution in [0.5, 0.6) is 0 Å². The van der Waals surface area contributed by atoms with Crippen LogP contribution < -0.4 is 0 Å². The summed E-state index contributed by atoms with van der Waals surface area (Å²) in [7, 11) is 0. The number of hydrogen-bond donors (Lipinski definition) is 0. The Kier molecular flexibility index (Phi) is 18.5. The van der Waals surface area contributed by atoms with Crippen molar-refractivity contribution < 1.29 is 19.1 Å². The topological polar surface area (TPSA) is 52.6 Å². The maximum absolute atomic E-state index is 12.4. The van der Waals surface area contributed by atoms with Gasteiger partial charge in [-0.15, -0.1) is 0 Å². The molecule has 1 saturated heterocycles. The Morgan fingerprint density at radius 3 is 1.85 bits per heavy atom. The first kappa shape index (κ1) is 30.0. The van der Waals surface area contributed by atoms with Gasteiger partial charge in [0.2, 0.25) is 0 Å². The molecule has 0 saturated carbocycles. The minimum atomic E-state index is -0.107. The third-order valence-electron chi connectivity index (χ3n) is 7.05. The molecular weight excluding hydrogens is 412 g/mol. The summed E-state index contributed by atoms with van der Waals surface area (Å²) < 4.78 is 11.4. The standard InChI is InChI=1S/C29H54O4/c1-4-7-10-13-14-15-16-17-18-21-25(32-28(30)23-20-12-9-6-3)24-27-26(29(31)33-27)22-19-11-8-5-2/h25-27H,4-24H2,1-3H3/t25-,26-,27-/m0/s1. The minimum absolute atomic E-state index is 0.00994. The van der Waals surface area contributed by atoms with Crippen LogP contribution in [0.2, 0.25) is 0 Å². The van der Waals surface area contributed by atoms with E-state index in [0.29, 0.717) is 12.8 Å². The van der Waals surface area contributed by atoms with E-state index in [1.54, 1.807) is 0 Å². The lowest BCUT2D eigenvalue weighted by molar-refractivity contribution is -0.190. The van der Waals surface area contributed by atoms with E-state index >= 15 is 0 Å². The molecule has 4 heteroatoms. The van der Waals surface area contributed by atoms with Gasteiger partial charge in [0.25, 0.3) is 0 Å². The highest BCUT2D eigenvalue weighted by atomic mass is 16.6. The van der Waals surface area contributed by atoms with E-state index < -0.39 is 0 Å². The van der Waals surface area contributed by atoms with Crippen molar-refractivity contribution in [1.29, 1.82) is 0 Å². The lowest BCUT2D eigenvalue weighted by Gasteiger charge is -2.37. The summed E-state index contributed by atoms with van der Waals surface area (Å²) in [4.78, 5) is 24.4. The smallest absolute Gasteiger partial charge is 0.313 e. The van der Waals surface area contributed by atoms with E-state index in [1.807, 2.05) is 0 Å². The van der Waals surface area contributed by atoms with Gasteiger partial charge in [-0.1, -0.05) is 117 Å². The molecule has 3 atom stereocenters. The Hall–Kier alpha value is -1.06. The van der Waals surface area contributed by atoms with Crippen LogP contribution in [0.25, 0.3) is 0 Å².